The number of hydrogen-bond acceptors (Lipinski definition) is 5. The number of anilines is 1. The van der Waals surface area contributed by atoms with Crippen LogP contribution in [0.2, 0.25) is 0 Å². The first-order valence-electron chi connectivity index (χ1n) is 9.68. The summed E-state index contributed by atoms with van der Waals surface area (Å²) >= 11 is 1.21. The second-order valence-corrected chi connectivity index (χ2v) is 8.03. The monoisotopic (exact) mass is 434 g/mol. The molecule has 2 heterocycles. The van der Waals surface area contributed by atoms with Crippen molar-refractivity contribution in [1.29, 1.82) is 0 Å². The standard InChI is InChI=1S/C23H22N4O3S/c1-14-9-10-18(30-3)17(11-14)25-19(28)13-31-23-26-20-16(15-7-5-4-6-8-15)12-24-21(20)22(29)27(23)2/h4-12,24H,13H2,1-3H3,(H,25,28). The minimum Gasteiger partial charge on any atom is -0.495 e. The van der Waals surface area contributed by atoms with E-state index in [0.29, 0.717) is 27.6 Å². The van der Waals surface area contributed by atoms with Gasteiger partial charge in [-0.05, 0) is 30.2 Å². The number of rotatable bonds is 6. The number of nitrogens with zero attached hydrogens (tertiary/aromatic N) is 2. The first-order chi connectivity index (χ1) is 15.0. The lowest BCUT2D eigenvalue weighted by molar-refractivity contribution is -0.113. The van der Waals surface area contributed by atoms with Crippen LogP contribution in [0, 0.1) is 6.92 Å². The van der Waals surface area contributed by atoms with Gasteiger partial charge in [0.2, 0.25) is 5.91 Å². The van der Waals surface area contributed by atoms with Gasteiger partial charge in [-0.1, -0.05) is 48.2 Å². The number of aromatic amines is 1. The highest BCUT2D eigenvalue weighted by atomic mass is 32.2. The number of methoxy groups -OCH3 is 1. The Balaban J connectivity index is 1.59. The third-order valence-corrected chi connectivity index (χ3v) is 5.94. The van der Waals surface area contributed by atoms with Gasteiger partial charge in [0.1, 0.15) is 16.8 Å². The van der Waals surface area contributed by atoms with Crippen molar-refractivity contribution in [3.05, 3.63) is 70.6 Å². The van der Waals surface area contributed by atoms with Gasteiger partial charge >= 0.3 is 0 Å². The van der Waals surface area contributed by atoms with Gasteiger partial charge in [-0.25, -0.2) is 4.98 Å². The maximum Gasteiger partial charge on any atom is 0.278 e. The van der Waals surface area contributed by atoms with Crippen molar-refractivity contribution in [3.63, 3.8) is 0 Å². The van der Waals surface area contributed by atoms with Crippen LogP contribution >= 0.6 is 11.8 Å². The predicted molar refractivity (Wildman–Crippen MR) is 124 cm³/mol. The van der Waals surface area contributed by atoms with Crippen LogP contribution in [0.15, 0.2) is 64.7 Å². The van der Waals surface area contributed by atoms with Crippen molar-refractivity contribution in [2.45, 2.75) is 12.1 Å². The van der Waals surface area contributed by atoms with Gasteiger partial charge in [-0.15, -0.1) is 0 Å². The molecule has 0 fully saturated rings. The number of carbonyl (C=O) groups is 1. The molecule has 2 aromatic heterocycles. The first-order valence-corrected chi connectivity index (χ1v) is 10.7. The van der Waals surface area contributed by atoms with Gasteiger partial charge in [-0.3, -0.25) is 14.2 Å². The lowest BCUT2D eigenvalue weighted by Gasteiger charge is -2.11. The van der Waals surface area contributed by atoms with E-state index in [1.54, 1.807) is 20.4 Å². The fourth-order valence-electron chi connectivity index (χ4n) is 3.32. The second kappa shape index (κ2) is 8.69. The Hall–Kier alpha value is -3.52. The van der Waals surface area contributed by atoms with Crippen molar-refractivity contribution >= 4 is 34.4 Å². The Morgan fingerprint density at radius 3 is 2.74 bits per heavy atom. The van der Waals surface area contributed by atoms with E-state index < -0.39 is 0 Å². The Bertz CT molecular complexity index is 1310. The number of aryl methyl sites for hydroxylation is 1. The van der Waals surface area contributed by atoms with Crippen molar-refractivity contribution in [2.75, 3.05) is 18.2 Å². The number of nitrogens with one attached hydrogen (secondary N) is 2. The normalized spacial score (nSPS) is 10.9. The van der Waals surface area contributed by atoms with Crippen LogP contribution in [-0.2, 0) is 11.8 Å². The molecule has 2 aromatic carbocycles. The smallest absolute Gasteiger partial charge is 0.278 e. The first kappa shape index (κ1) is 20.7. The molecule has 0 aliphatic heterocycles. The average Bonchev–Trinajstić information content (AvgIpc) is 3.20. The largest absolute Gasteiger partial charge is 0.495 e. The molecular weight excluding hydrogens is 412 g/mol. The van der Waals surface area contributed by atoms with E-state index >= 15 is 0 Å². The van der Waals surface area contributed by atoms with E-state index in [2.05, 4.69) is 15.3 Å². The predicted octanol–water partition coefficient (Wildman–Crippen LogP) is 3.98. The molecule has 0 saturated heterocycles. The maximum atomic E-state index is 12.8. The molecule has 0 spiro atoms. The Labute approximate surface area is 183 Å². The Morgan fingerprint density at radius 2 is 2.00 bits per heavy atom. The molecule has 0 saturated carbocycles. The molecule has 0 radical (unpaired) electrons. The van der Waals surface area contributed by atoms with Crippen LogP contribution < -0.4 is 15.6 Å². The van der Waals surface area contributed by atoms with Crippen molar-refractivity contribution in [2.24, 2.45) is 7.05 Å². The van der Waals surface area contributed by atoms with E-state index in [0.717, 1.165) is 16.7 Å². The minimum absolute atomic E-state index is 0.105. The summed E-state index contributed by atoms with van der Waals surface area (Å²) in [5.41, 5.74) is 4.30. The maximum absolute atomic E-state index is 12.8. The molecule has 31 heavy (non-hydrogen) atoms. The summed E-state index contributed by atoms with van der Waals surface area (Å²) in [5, 5.41) is 3.34. The van der Waals surface area contributed by atoms with Crippen LogP contribution in [0.5, 0.6) is 5.75 Å². The summed E-state index contributed by atoms with van der Waals surface area (Å²) in [6, 6.07) is 15.3. The van der Waals surface area contributed by atoms with Crippen molar-refractivity contribution < 1.29 is 9.53 Å². The summed E-state index contributed by atoms with van der Waals surface area (Å²) in [4.78, 5) is 33.1. The highest BCUT2D eigenvalue weighted by molar-refractivity contribution is 7.99. The van der Waals surface area contributed by atoms with Gasteiger partial charge < -0.3 is 15.0 Å². The number of amides is 1. The van der Waals surface area contributed by atoms with Crippen molar-refractivity contribution in [3.8, 4) is 16.9 Å². The number of thioether (sulfide) groups is 1. The van der Waals surface area contributed by atoms with Crippen LogP contribution in [-0.4, -0.2) is 33.3 Å². The van der Waals surface area contributed by atoms with Gasteiger partial charge in [0.25, 0.3) is 5.56 Å². The number of aromatic nitrogens is 3. The molecule has 2 N–H and O–H groups in total. The fraction of sp³-hybridized carbons (Fsp3) is 0.174. The molecule has 0 aliphatic carbocycles. The Kier molecular flexibility index (Phi) is 5.81. The van der Waals surface area contributed by atoms with Crippen LogP contribution in [0.4, 0.5) is 5.69 Å². The quantitative estimate of drug-likeness (QED) is 0.354. The van der Waals surface area contributed by atoms with Gasteiger partial charge in [0.05, 0.1) is 18.6 Å². The fourth-order valence-corrected chi connectivity index (χ4v) is 4.09. The molecule has 158 valence electrons. The zero-order chi connectivity index (χ0) is 22.0. The summed E-state index contributed by atoms with van der Waals surface area (Å²) < 4.78 is 6.77. The number of benzene rings is 2. The summed E-state index contributed by atoms with van der Waals surface area (Å²) in [7, 11) is 3.22. The van der Waals surface area contributed by atoms with E-state index in [-0.39, 0.29) is 17.2 Å². The van der Waals surface area contributed by atoms with Gasteiger partial charge in [-0.2, -0.15) is 0 Å². The topological polar surface area (TPSA) is 89.0 Å². The van der Waals surface area contributed by atoms with E-state index in [9.17, 15) is 9.59 Å². The zero-order valence-electron chi connectivity index (χ0n) is 17.4. The molecule has 4 rings (SSSR count). The number of ether oxygens (including phenoxy) is 1. The third kappa shape index (κ3) is 4.20. The molecule has 0 aliphatic rings. The van der Waals surface area contributed by atoms with Crippen LogP contribution in [0.1, 0.15) is 5.56 Å². The van der Waals surface area contributed by atoms with Gasteiger partial charge in [0.15, 0.2) is 5.16 Å². The van der Waals surface area contributed by atoms with E-state index in [1.165, 1.54) is 16.3 Å². The SMILES string of the molecule is COc1ccc(C)cc1NC(=O)CSc1nc2c(-c3ccccc3)c[nH]c2c(=O)n1C. The minimum atomic E-state index is -0.208. The number of hydrogen-bond donors (Lipinski definition) is 2. The summed E-state index contributed by atoms with van der Waals surface area (Å²) in [6.07, 6.45) is 1.79. The van der Waals surface area contributed by atoms with Crippen LogP contribution in [0.3, 0.4) is 0 Å². The van der Waals surface area contributed by atoms with Gasteiger partial charge in [0, 0.05) is 18.8 Å². The number of fused-ring (bicyclic) bond motifs is 1. The lowest BCUT2D eigenvalue weighted by atomic mass is 10.1. The number of carbonyl (C=O) groups excluding carboxylic acids is 1. The molecule has 0 bridgehead atoms. The summed E-state index contributed by atoms with van der Waals surface area (Å²) in [5.74, 6) is 0.491. The van der Waals surface area contributed by atoms with E-state index in [1.807, 2.05) is 55.5 Å². The molecule has 7 nitrogen and oxygen atoms in total. The second-order valence-electron chi connectivity index (χ2n) is 7.09. The zero-order valence-corrected chi connectivity index (χ0v) is 18.2. The average molecular weight is 435 g/mol. The lowest BCUT2D eigenvalue weighted by Crippen LogP contribution is -2.21. The molecule has 0 atom stereocenters. The summed E-state index contributed by atoms with van der Waals surface area (Å²) in [6.45, 7) is 1.94. The molecular formula is C23H22N4O3S. The molecule has 1 amide bonds. The highest BCUT2D eigenvalue weighted by Crippen LogP contribution is 2.28. The van der Waals surface area contributed by atoms with Crippen molar-refractivity contribution in [1.82, 2.24) is 14.5 Å². The molecule has 4 aromatic rings. The van der Waals surface area contributed by atoms with E-state index in [4.69, 9.17) is 4.74 Å². The Morgan fingerprint density at radius 1 is 1.23 bits per heavy atom. The van der Waals surface area contributed by atoms with Crippen LogP contribution in [0.25, 0.3) is 22.2 Å². The molecule has 0 unspecified atom stereocenters. The number of H-pyrrole nitrogens is 1. The molecule has 8 heteroatoms. The third-order valence-electron chi connectivity index (χ3n) is 4.91. The highest BCUT2D eigenvalue weighted by Gasteiger charge is 2.16.